The van der Waals surface area contributed by atoms with Gasteiger partial charge >= 0.3 is 0 Å². The molecular weight excluding hydrogens is 306 g/mol. The molecule has 24 heavy (non-hydrogen) atoms. The second kappa shape index (κ2) is 8.49. The first-order valence-corrected chi connectivity index (χ1v) is 8.99. The van der Waals surface area contributed by atoms with Crippen LogP contribution in [0.3, 0.4) is 0 Å². The molecule has 132 valence electrons. The molecule has 1 aromatic rings. The van der Waals surface area contributed by atoms with Crippen LogP contribution in [0.1, 0.15) is 38.2 Å². The molecule has 1 heterocycles. The van der Waals surface area contributed by atoms with Crippen LogP contribution in [-0.2, 0) is 20.7 Å². The van der Waals surface area contributed by atoms with E-state index in [0.29, 0.717) is 32.7 Å². The molecule has 1 amide bonds. The topological polar surface area (TPSA) is 56.8 Å². The maximum absolute atomic E-state index is 12.3. The zero-order valence-corrected chi connectivity index (χ0v) is 14.3. The molecule has 5 nitrogen and oxygen atoms in total. The third-order valence-electron chi connectivity index (χ3n) is 4.74. The normalized spacial score (nSPS) is 26.5. The van der Waals surface area contributed by atoms with E-state index in [-0.39, 0.29) is 24.2 Å². The van der Waals surface area contributed by atoms with Crippen LogP contribution in [0, 0.1) is 0 Å². The Morgan fingerprint density at radius 1 is 1.21 bits per heavy atom. The summed E-state index contributed by atoms with van der Waals surface area (Å²) in [6, 6.07) is 8.12. The van der Waals surface area contributed by atoms with Crippen molar-refractivity contribution in [3.63, 3.8) is 0 Å². The third-order valence-corrected chi connectivity index (χ3v) is 4.74. The minimum atomic E-state index is 0.0986. The molecule has 0 aromatic heterocycles. The molecule has 3 atom stereocenters. The lowest BCUT2D eigenvalue weighted by atomic mass is 9.89. The maximum atomic E-state index is 12.3. The third kappa shape index (κ3) is 4.48. The average Bonchev–Trinajstić information content (AvgIpc) is 2.61. The van der Waals surface area contributed by atoms with Gasteiger partial charge in [-0.05, 0) is 44.2 Å². The maximum Gasteiger partial charge on any atom is 0.220 e. The SMILES string of the molecule is CCOc1ccccc1CCC(=O)N[C@@H]1CC[C@H]2OCCO[C@@H]2C1. The van der Waals surface area contributed by atoms with E-state index in [0.717, 1.165) is 30.6 Å². The van der Waals surface area contributed by atoms with Crippen molar-refractivity contribution in [3.8, 4) is 5.75 Å². The van der Waals surface area contributed by atoms with Crippen molar-refractivity contribution in [1.82, 2.24) is 5.32 Å². The summed E-state index contributed by atoms with van der Waals surface area (Å²) < 4.78 is 17.1. The van der Waals surface area contributed by atoms with E-state index in [1.54, 1.807) is 0 Å². The minimum absolute atomic E-state index is 0.0986. The number of benzene rings is 1. The Morgan fingerprint density at radius 2 is 2.00 bits per heavy atom. The van der Waals surface area contributed by atoms with Gasteiger partial charge in [-0.1, -0.05) is 18.2 Å². The number of nitrogens with one attached hydrogen (secondary N) is 1. The number of para-hydroxylation sites is 1. The van der Waals surface area contributed by atoms with E-state index >= 15 is 0 Å². The molecule has 0 radical (unpaired) electrons. The number of carbonyl (C=O) groups excluding carboxylic acids is 1. The van der Waals surface area contributed by atoms with E-state index in [2.05, 4.69) is 5.32 Å². The zero-order chi connectivity index (χ0) is 16.8. The molecule has 2 aliphatic rings. The first kappa shape index (κ1) is 17.2. The summed E-state index contributed by atoms with van der Waals surface area (Å²) in [6.07, 6.45) is 4.30. The van der Waals surface area contributed by atoms with Crippen molar-refractivity contribution in [2.45, 2.75) is 57.3 Å². The highest BCUT2D eigenvalue weighted by Crippen LogP contribution is 2.27. The Morgan fingerprint density at radius 3 is 2.83 bits per heavy atom. The molecule has 1 saturated heterocycles. The van der Waals surface area contributed by atoms with Gasteiger partial charge in [0.1, 0.15) is 5.75 Å². The number of fused-ring (bicyclic) bond motifs is 1. The number of rotatable bonds is 6. The molecule has 0 bridgehead atoms. The van der Waals surface area contributed by atoms with E-state index in [9.17, 15) is 4.79 Å². The lowest BCUT2D eigenvalue weighted by Gasteiger charge is -2.39. The van der Waals surface area contributed by atoms with Gasteiger partial charge in [0.05, 0.1) is 32.0 Å². The number of aryl methyl sites for hydroxylation is 1. The lowest BCUT2D eigenvalue weighted by molar-refractivity contribution is -0.158. The molecule has 1 N–H and O–H groups in total. The van der Waals surface area contributed by atoms with Crippen LogP contribution in [0.5, 0.6) is 5.75 Å². The fourth-order valence-corrected chi connectivity index (χ4v) is 3.55. The monoisotopic (exact) mass is 333 g/mol. The number of carbonyl (C=O) groups is 1. The summed E-state index contributed by atoms with van der Waals surface area (Å²) in [5, 5.41) is 3.16. The predicted octanol–water partition coefficient (Wildman–Crippen LogP) is 2.47. The largest absolute Gasteiger partial charge is 0.494 e. The quantitative estimate of drug-likeness (QED) is 0.869. The second-order valence-electron chi connectivity index (χ2n) is 6.44. The van der Waals surface area contributed by atoms with Crippen molar-refractivity contribution >= 4 is 5.91 Å². The summed E-state index contributed by atoms with van der Waals surface area (Å²) in [4.78, 5) is 12.3. The first-order chi connectivity index (χ1) is 11.8. The minimum Gasteiger partial charge on any atom is -0.494 e. The molecule has 1 aliphatic carbocycles. The fraction of sp³-hybridized carbons (Fsp3) is 0.632. The van der Waals surface area contributed by atoms with Gasteiger partial charge in [0.25, 0.3) is 0 Å². The van der Waals surface area contributed by atoms with Crippen LogP contribution in [-0.4, -0.2) is 44.0 Å². The van der Waals surface area contributed by atoms with Crippen molar-refractivity contribution in [3.05, 3.63) is 29.8 Å². The van der Waals surface area contributed by atoms with E-state index in [4.69, 9.17) is 14.2 Å². The molecule has 1 saturated carbocycles. The van der Waals surface area contributed by atoms with Gasteiger partial charge in [-0.15, -0.1) is 0 Å². The van der Waals surface area contributed by atoms with Gasteiger partial charge in [0, 0.05) is 12.5 Å². The van der Waals surface area contributed by atoms with Crippen LogP contribution >= 0.6 is 0 Å². The summed E-state index contributed by atoms with van der Waals surface area (Å²) in [7, 11) is 0. The number of hydrogen-bond donors (Lipinski definition) is 1. The molecule has 1 aliphatic heterocycles. The van der Waals surface area contributed by atoms with Gasteiger partial charge in [0.15, 0.2) is 0 Å². The first-order valence-electron chi connectivity index (χ1n) is 8.99. The Bertz CT molecular complexity index is 548. The fourth-order valence-electron chi connectivity index (χ4n) is 3.55. The average molecular weight is 333 g/mol. The molecular formula is C19H27NO4. The Labute approximate surface area is 143 Å². The molecule has 5 heteroatoms. The highest BCUT2D eigenvalue weighted by Gasteiger charge is 2.34. The number of ether oxygens (including phenoxy) is 3. The van der Waals surface area contributed by atoms with Crippen LogP contribution in [0.4, 0.5) is 0 Å². The van der Waals surface area contributed by atoms with Gasteiger partial charge in [-0.3, -0.25) is 4.79 Å². The van der Waals surface area contributed by atoms with Crippen LogP contribution in [0.15, 0.2) is 24.3 Å². The van der Waals surface area contributed by atoms with E-state index < -0.39 is 0 Å². The summed E-state index contributed by atoms with van der Waals surface area (Å²) >= 11 is 0. The second-order valence-corrected chi connectivity index (χ2v) is 6.44. The highest BCUT2D eigenvalue weighted by atomic mass is 16.6. The Hall–Kier alpha value is -1.59. The van der Waals surface area contributed by atoms with Crippen LogP contribution in [0.2, 0.25) is 0 Å². The number of hydrogen-bond acceptors (Lipinski definition) is 4. The van der Waals surface area contributed by atoms with Gasteiger partial charge in [-0.25, -0.2) is 0 Å². The molecule has 0 unspecified atom stereocenters. The van der Waals surface area contributed by atoms with Crippen molar-refractivity contribution < 1.29 is 19.0 Å². The van der Waals surface area contributed by atoms with E-state index in [1.165, 1.54) is 0 Å². The van der Waals surface area contributed by atoms with Gasteiger partial charge < -0.3 is 19.5 Å². The smallest absolute Gasteiger partial charge is 0.220 e. The molecule has 2 fully saturated rings. The predicted molar refractivity (Wildman–Crippen MR) is 91.2 cm³/mol. The van der Waals surface area contributed by atoms with Gasteiger partial charge in [-0.2, -0.15) is 0 Å². The van der Waals surface area contributed by atoms with Crippen LogP contribution < -0.4 is 10.1 Å². The van der Waals surface area contributed by atoms with Gasteiger partial charge in [0.2, 0.25) is 5.91 Å². The summed E-state index contributed by atoms with van der Waals surface area (Å²) in [5.41, 5.74) is 1.09. The van der Waals surface area contributed by atoms with Crippen molar-refractivity contribution in [1.29, 1.82) is 0 Å². The van der Waals surface area contributed by atoms with Crippen LogP contribution in [0.25, 0.3) is 0 Å². The molecule has 1 aromatic carbocycles. The molecule has 3 rings (SSSR count). The number of amides is 1. The highest BCUT2D eigenvalue weighted by molar-refractivity contribution is 5.76. The Balaban J connectivity index is 1.46. The lowest BCUT2D eigenvalue weighted by Crippen LogP contribution is -2.49. The molecule has 0 spiro atoms. The Kier molecular flexibility index (Phi) is 6.10. The van der Waals surface area contributed by atoms with Crippen molar-refractivity contribution in [2.75, 3.05) is 19.8 Å². The summed E-state index contributed by atoms with van der Waals surface area (Å²) in [6.45, 7) is 3.96. The zero-order valence-electron chi connectivity index (χ0n) is 14.3. The summed E-state index contributed by atoms with van der Waals surface area (Å²) in [5.74, 6) is 0.975. The van der Waals surface area contributed by atoms with Crippen molar-refractivity contribution in [2.24, 2.45) is 0 Å². The standard InChI is InChI=1S/C19H27NO4/c1-2-22-16-6-4-3-5-14(16)7-10-19(21)20-15-8-9-17-18(13-15)24-12-11-23-17/h3-6,15,17-18H,2,7-13H2,1H3,(H,20,21)/t15-,17-,18-/m1/s1. The van der Waals surface area contributed by atoms with E-state index in [1.807, 2.05) is 31.2 Å².